The maximum absolute atomic E-state index is 13.0. The highest BCUT2D eigenvalue weighted by atomic mass is 16.6. The van der Waals surface area contributed by atoms with Crippen molar-refractivity contribution in [2.45, 2.75) is 92.9 Å². The summed E-state index contributed by atoms with van der Waals surface area (Å²) in [6, 6.07) is 0. The Morgan fingerprint density at radius 1 is 0.613 bits per heavy atom. The van der Waals surface area contributed by atoms with Crippen LogP contribution in [0.15, 0.2) is 0 Å². The standard InChI is InChI=1S/C25H48O6/c1-9-30-21(26)25(22(27)31-10-2,17-13-11-15-23(3,4)19-28-7)18-14-12-16-24(5,6)20-29-8/h9-20H2,1-8H3. The molecule has 0 radical (unpaired) electrons. The smallest absolute Gasteiger partial charge is 0.323 e. The van der Waals surface area contributed by atoms with Gasteiger partial charge in [0.1, 0.15) is 0 Å². The lowest BCUT2D eigenvalue weighted by Gasteiger charge is -2.31. The van der Waals surface area contributed by atoms with Crippen molar-refractivity contribution in [3.05, 3.63) is 0 Å². The molecule has 31 heavy (non-hydrogen) atoms. The van der Waals surface area contributed by atoms with Crippen LogP contribution in [-0.2, 0) is 28.5 Å². The van der Waals surface area contributed by atoms with E-state index in [1.54, 1.807) is 28.1 Å². The molecule has 0 saturated heterocycles. The number of esters is 2. The van der Waals surface area contributed by atoms with E-state index in [-0.39, 0.29) is 24.0 Å². The van der Waals surface area contributed by atoms with E-state index in [9.17, 15) is 9.59 Å². The number of carbonyl (C=O) groups is 2. The number of carbonyl (C=O) groups excluding carboxylic acids is 2. The molecule has 0 aliphatic heterocycles. The molecule has 0 aliphatic rings. The van der Waals surface area contributed by atoms with Gasteiger partial charge in [0, 0.05) is 14.2 Å². The minimum absolute atomic E-state index is 0.0677. The van der Waals surface area contributed by atoms with Gasteiger partial charge in [-0.05, 0) is 50.4 Å². The van der Waals surface area contributed by atoms with E-state index in [2.05, 4.69) is 27.7 Å². The van der Waals surface area contributed by atoms with Crippen LogP contribution in [0, 0.1) is 16.2 Å². The Morgan fingerprint density at radius 2 is 0.935 bits per heavy atom. The molecule has 0 heterocycles. The summed E-state index contributed by atoms with van der Waals surface area (Å²) >= 11 is 0. The zero-order chi connectivity index (χ0) is 24.0. The van der Waals surface area contributed by atoms with Gasteiger partial charge < -0.3 is 18.9 Å². The highest BCUT2D eigenvalue weighted by molar-refractivity contribution is 6.00. The topological polar surface area (TPSA) is 71.1 Å². The van der Waals surface area contributed by atoms with Crippen molar-refractivity contribution in [2.75, 3.05) is 40.6 Å². The molecule has 184 valence electrons. The highest BCUT2D eigenvalue weighted by Crippen LogP contribution is 2.37. The molecular weight excluding hydrogens is 396 g/mol. The lowest BCUT2D eigenvalue weighted by molar-refractivity contribution is -0.173. The third-order valence-corrected chi connectivity index (χ3v) is 5.82. The molecule has 0 bridgehead atoms. The van der Waals surface area contributed by atoms with Gasteiger partial charge in [0.05, 0.1) is 26.4 Å². The molecule has 0 N–H and O–H groups in total. The quantitative estimate of drug-likeness (QED) is 0.156. The minimum Gasteiger partial charge on any atom is -0.465 e. The third-order valence-electron chi connectivity index (χ3n) is 5.82. The molecule has 0 aliphatic carbocycles. The van der Waals surface area contributed by atoms with Gasteiger partial charge in [-0.3, -0.25) is 9.59 Å². The number of hydrogen-bond acceptors (Lipinski definition) is 6. The van der Waals surface area contributed by atoms with E-state index in [4.69, 9.17) is 18.9 Å². The summed E-state index contributed by atoms with van der Waals surface area (Å²) in [5, 5.41) is 0. The van der Waals surface area contributed by atoms with Crippen LogP contribution in [0.25, 0.3) is 0 Å². The molecule has 0 saturated carbocycles. The fourth-order valence-corrected chi connectivity index (χ4v) is 4.14. The first-order valence-electron chi connectivity index (χ1n) is 11.8. The van der Waals surface area contributed by atoms with Gasteiger partial charge in [-0.15, -0.1) is 0 Å². The Morgan fingerprint density at radius 3 is 1.23 bits per heavy atom. The summed E-state index contributed by atoms with van der Waals surface area (Å²) in [5.41, 5.74) is -1.08. The summed E-state index contributed by atoms with van der Waals surface area (Å²) in [5.74, 6) is -0.887. The first-order valence-corrected chi connectivity index (χ1v) is 11.8. The summed E-state index contributed by atoms with van der Waals surface area (Å²) < 4.78 is 21.3. The second-order valence-corrected chi connectivity index (χ2v) is 10.1. The molecule has 0 aromatic rings. The largest absolute Gasteiger partial charge is 0.465 e. The van der Waals surface area contributed by atoms with Crippen LogP contribution in [0.3, 0.4) is 0 Å². The number of methoxy groups -OCH3 is 2. The van der Waals surface area contributed by atoms with E-state index in [1.807, 2.05) is 0 Å². The van der Waals surface area contributed by atoms with Gasteiger partial charge in [0.25, 0.3) is 0 Å². The van der Waals surface area contributed by atoms with Crippen LogP contribution >= 0.6 is 0 Å². The third kappa shape index (κ3) is 11.3. The Kier molecular flexibility index (Phi) is 14.3. The summed E-state index contributed by atoms with van der Waals surface area (Å²) in [7, 11) is 3.42. The molecule has 0 amide bonds. The molecule has 0 spiro atoms. The van der Waals surface area contributed by atoms with Crippen LogP contribution in [0.4, 0.5) is 0 Å². The van der Waals surface area contributed by atoms with E-state index in [0.717, 1.165) is 38.5 Å². The molecule has 0 rings (SSSR count). The molecular formula is C25H48O6. The monoisotopic (exact) mass is 444 g/mol. The first kappa shape index (κ1) is 29.9. The maximum Gasteiger partial charge on any atom is 0.323 e. The molecule has 0 aromatic carbocycles. The van der Waals surface area contributed by atoms with Gasteiger partial charge in [0.2, 0.25) is 0 Å². The number of hydrogen-bond donors (Lipinski definition) is 0. The molecule has 0 fully saturated rings. The van der Waals surface area contributed by atoms with Crippen molar-refractivity contribution in [2.24, 2.45) is 16.2 Å². The van der Waals surface area contributed by atoms with Gasteiger partial charge in [-0.1, -0.05) is 53.4 Å². The highest BCUT2D eigenvalue weighted by Gasteiger charge is 2.47. The average molecular weight is 445 g/mol. The first-order chi connectivity index (χ1) is 14.5. The van der Waals surface area contributed by atoms with Gasteiger partial charge in [-0.2, -0.15) is 0 Å². The van der Waals surface area contributed by atoms with Crippen LogP contribution < -0.4 is 0 Å². The van der Waals surface area contributed by atoms with Crippen LogP contribution in [0.2, 0.25) is 0 Å². The van der Waals surface area contributed by atoms with E-state index >= 15 is 0 Å². The zero-order valence-electron chi connectivity index (χ0n) is 21.4. The Labute approximate surface area is 190 Å². The SMILES string of the molecule is CCOC(=O)C(CCCCC(C)(C)COC)(CCCCC(C)(C)COC)C(=O)OCC. The fraction of sp³-hybridized carbons (Fsp3) is 0.920. The Bertz CT molecular complexity index is 466. The lowest BCUT2D eigenvalue weighted by Crippen LogP contribution is -2.42. The van der Waals surface area contributed by atoms with E-state index in [0.29, 0.717) is 26.1 Å². The summed E-state index contributed by atoms with van der Waals surface area (Å²) in [6.07, 6.45) is 6.20. The molecule has 0 atom stereocenters. The fourth-order valence-electron chi connectivity index (χ4n) is 4.14. The van der Waals surface area contributed by atoms with Crippen molar-refractivity contribution in [1.29, 1.82) is 0 Å². The van der Waals surface area contributed by atoms with Crippen molar-refractivity contribution in [3.63, 3.8) is 0 Å². The predicted molar refractivity (Wildman–Crippen MR) is 124 cm³/mol. The number of rotatable bonds is 18. The summed E-state index contributed by atoms with van der Waals surface area (Å²) in [6.45, 7) is 14.1. The Hall–Kier alpha value is -1.14. The zero-order valence-corrected chi connectivity index (χ0v) is 21.4. The van der Waals surface area contributed by atoms with Crippen molar-refractivity contribution < 1.29 is 28.5 Å². The van der Waals surface area contributed by atoms with Crippen molar-refractivity contribution in [3.8, 4) is 0 Å². The second kappa shape index (κ2) is 14.8. The normalized spacial score (nSPS) is 12.6. The molecule has 0 aromatic heterocycles. The van der Waals surface area contributed by atoms with Crippen LogP contribution in [-0.4, -0.2) is 52.6 Å². The van der Waals surface area contributed by atoms with Gasteiger partial charge >= 0.3 is 11.9 Å². The minimum atomic E-state index is -1.22. The van der Waals surface area contributed by atoms with Crippen molar-refractivity contribution >= 4 is 11.9 Å². The number of ether oxygens (including phenoxy) is 4. The predicted octanol–water partition coefficient (Wildman–Crippen LogP) is 5.57. The molecule has 0 unspecified atom stereocenters. The lowest BCUT2D eigenvalue weighted by atomic mass is 9.76. The number of unbranched alkanes of at least 4 members (excludes halogenated alkanes) is 2. The van der Waals surface area contributed by atoms with Crippen LogP contribution in [0.5, 0.6) is 0 Å². The maximum atomic E-state index is 13.0. The summed E-state index contributed by atoms with van der Waals surface area (Å²) in [4.78, 5) is 26.0. The van der Waals surface area contributed by atoms with Crippen LogP contribution in [0.1, 0.15) is 92.9 Å². The molecule has 6 heteroatoms. The molecule has 6 nitrogen and oxygen atoms in total. The van der Waals surface area contributed by atoms with Gasteiger partial charge in [0.15, 0.2) is 5.41 Å². The van der Waals surface area contributed by atoms with E-state index in [1.165, 1.54) is 0 Å². The van der Waals surface area contributed by atoms with Gasteiger partial charge in [-0.25, -0.2) is 0 Å². The van der Waals surface area contributed by atoms with Crippen molar-refractivity contribution in [1.82, 2.24) is 0 Å². The Balaban J connectivity index is 5.26. The second-order valence-electron chi connectivity index (χ2n) is 10.1. The van der Waals surface area contributed by atoms with E-state index < -0.39 is 17.4 Å². The average Bonchev–Trinajstić information content (AvgIpc) is 2.67.